The van der Waals surface area contributed by atoms with Gasteiger partial charge < -0.3 is 23.7 Å². The molecule has 2 N–H and O–H groups in total. The SMILES string of the molecule is CCOC(=O)N/C=N/c1[nH]ncc1[C@H]1O[C@H](COC(c2ccccc2)(c2ccccc2)c2ccccc2)[C@H]2OC(C)(C)O[C@H]21. The van der Waals surface area contributed by atoms with Crippen LogP contribution in [0.3, 0.4) is 0 Å². The molecule has 6 rings (SSSR count). The molecule has 10 nitrogen and oxygen atoms in total. The van der Waals surface area contributed by atoms with Crippen molar-refractivity contribution in [2.45, 2.75) is 56.6 Å². The van der Waals surface area contributed by atoms with Gasteiger partial charge in [0.2, 0.25) is 0 Å². The van der Waals surface area contributed by atoms with Gasteiger partial charge in [0.1, 0.15) is 30.0 Å². The molecule has 0 aliphatic carbocycles. The number of amides is 1. The molecule has 1 amide bonds. The molecule has 3 aromatic carbocycles. The number of benzene rings is 3. The number of nitrogens with one attached hydrogen (secondary N) is 2. The summed E-state index contributed by atoms with van der Waals surface area (Å²) in [6.07, 6.45) is 0.419. The predicted octanol–water partition coefficient (Wildman–Crippen LogP) is 5.78. The summed E-state index contributed by atoms with van der Waals surface area (Å²) in [6.45, 7) is 5.97. The summed E-state index contributed by atoms with van der Waals surface area (Å²) in [4.78, 5) is 16.1. The van der Waals surface area contributed by atoms with Crippen LogP contribution in [0.1, 0.15) is 49.1 Å². The number of hydrogen-bond acceptors (Lipinski definition) is 8. The zero-order valence-electron chi connectivity index (χ0n) is 24.9. The van der Waals surface area contributed by atoms with Crippen molar-refractivity contribution in [2.75, 3.05) is 13.2 Å². The van der Waals surface area contributed by atoms with Crippen molar-refractivity contribution in [3.63, 3.8) is 0 Å². The Morgan fingerprint density at radius 3 is 2.09 bits per heavy atom. The number of carbonyl (C=O) groups excluding carboxylic acids is 1. The number of H-pyrrole nitrogens is 1. The zero-order chi connectivity index (χ0) is 30.6. The molecule has 228 valence electrons. The van der Waals surface area contributed by atoms with Crippen molar-refractivity contribution in [1.29, 1.82) is 0 Å². The smallest absolute Gasteiger partial charge is 0.412 e. The lowest BCUT2D eigenvalue weighted by molar-refractivity contribution is -0.196. The van der Waals surface area contributed by atoms with Crippen molar-refractivity contribution in [2.24, 2.45) is 4.99 Å². The van der Waals surface area contributed by atoms with Gasteiger partial charge in [0.05, 0.1) is 25.7 Å². The molecule has 4 aromatic rings. The number of carbonyl (C=O) groups is 1. The van der Waals surface area contributed by atoms with Crippen LogP contribution in [0.5, 0.6) is 0 Å². The van der Waals surface area contributed by atoms with Crippen LogP contribution in [-0.2, 0) is 29.3 Å². The Morgan fingerprint density at radius 1 is 0.955 bits per heavy atom. The molecule has 0 saturated carbocycles. The molecule has 0 bridgehead atoms. The van der Waals surface area contributed by atoms with Gasteiger partial charge in [0, 0.05) is 5.56 Å². The highest BCUT2D eigenvalue weighted by molar-refractivity contribution is 5.83. The largest absolute Gasteiger partial charge is 0.450 e. The van der Waals surface area contributed by atoms with E-state index in [2.05, 4.69) is 56.9 Å². The van der Waals surface area contributed by atoms with Gasteiger partial charge in [0.15, 0.2) is 11.6 Å². The number of aliphatic imine (C=N–C) groups is 1. The van der Waals surface area contributed by atoms with E-state index in [0.29, 0.717) is 11.4 Å². The summed E-state index contributed by atoms with van der Waals surface area (Å²) < 4.78 is 31.4. The van der Waals surface area contributed by atoms with Crippen LogP contribution < -0.4 is 5.32 Å². The van der Waals surface area contributed by atoms with Gasteiger partial charge in [0.25, 0.3) is 0 Å². The highest BCUT2D eigenvalue weighted by Crippen LogP contribution is 2.48. The van der Waals surface area contributed by atoms with Gasteiger partial charge in [-0.05, 0) is 37.5 Å². The fraction of sp³-hybridized carbons (Fsp3) is 0.324. The van der Waals surface area contributed by atoms with Crippen molar-refractivity contribution >= 4 is 18.2 Å². The van der Waals surface area contributed by atoms with E-state index in [9.17, 15) is 4.79 Å². The Kier molecular flexibility index (Phi) is 8.58. The number of rotatable bonds is 10. The van der Waals surface area contributed by atoms with E-state index < -0.39 is 41.9 Å². The van der Waals surface area contributed by atoms with Crippen LogP contribution in [-0.4, -0.2) is 59.9 Å². The first-order chi connectivity index (χ1) is 21.4. The predicted molar refractivity (Wildman–Crippen MR) is 163 cm³/mol. The van der Waals surface area contributed by atoms with Gasteiger partial charge in [-0.3, -0.25) is 10.4 Å². The molecule has 0 spiro atoms. The van der Waals surface area contributed by atoms with E-state index in [1.54, 1.807) is 13.1 Å². The Morgan fingerprint density at radius 2 is 1.52 bits per heavy atom. The highest BCUT2D eigenvalue weighted by Gasteiger charge is 2.57. The van der Waals surface area contributed by atoms with E-state index >= 15 is 0 Å². The van der Waals surface area contributed by atoms with Gasteiger partial charge in [-0.1, -0.05) is 91.0 Å². The lowest BCUT2D eigenvalue weighted by atomic mass is 9.80. The first kappa shape index (κ1) is 29.7. The van der Waals surface area contributed by atoms with Gasteiger partial charge in [-0.25, -0.2) is 9.79 Å². The maximum atomic E-state index is 11.7. The Balaban J connectivity index is 1.32. The second-order valence-corrected chi connectivity index (χ2v) is 11.0. The van der Waals surface area contributed by atoms with Crippen LogP contribution in [0.4, 0.5) is 10.6 Å². The topological polar surface area (TPSA) is 116 Å². The van der Waals surface area contributed by atoms with E-state index in [0.717, 1.165) is 16.7 Å². The average Bonchev–Trinajstić information content (AvgIpc) is 3.72. The highest BCUT2D eigenvalue weighted by atomic mass is 16.8. The van der Waals surface area contributed by atoms with Crippen LogP contribution >= 0.6 is 0 Å². The van der Waals surface area contributed by atoms with Gasteiger partial charge >= 0.3 is 6.09 Å². The molecule has 10 heteroatoms. The summed E-state index contributed by atoms with van der Waals surface area (Å²) >= 11 is 0. The van der Waals surface area contributed by atoms with E-state index in [1.165, 1.54) is 6.34 Å². The third-order valence-electron chi connectivity index (χ3n) is 7.76. The Bertz CT molecular complexity index is 1460. The number of nitrogens with zero attached hydrogens (tertiary/aromatic N) is 2. The van der Waals surface area contributed by atoms with Crippen molar-refractivity contribution in [3.05, 3.63) is 119 Å². The molecule has 2 saturated heterocycles. The summed E-state index contributed by atoms with van der Waals surface area (Å²) in [5.74, 6) is -0.406. The minimum atomic E-state index is -0.917. The minimum Gasteiger partial charge on any atom is -0.450 e. The Labute approximate surface area is 256 Å². The summed E-state index contributed by atoms with van der Waals surface area (Å²) in [5.41, 5.74) is 2.74. The van der Waals surface area contributed by atoms with Gasteiger partial charge in [-0.2, -0.15) is 5.10 Å². The van der Waals surface area contributed by atoms with E-state index in [1.807, 2.05) is 68.4 Å². The van der Waals surface area contributed by atoms with Gasteiger partial charge in [-0.15, -0.1) is 0 Å². The standard InChI is InChI=1S/C34H36N4O6/c1-4-40-32(39)36-22-35-31-26(20-37-38-31)28-30-29(43-33(2,3)44-30)27(42-28)21-41-34(23-14-8-5-9-15-23,24-16-10-6-11-17-24)25-18-12-7-13-19-25/h5-20,22,27-30H,4,21H2,1-3H3,(H2,35,36,37,38,39)/t27-,28-,29-,30+/m1/s1. The van der Waals surface area contributed by atoms with Crippen LogP contribution in [0, 0.1) is 0 Å². The minimum absolute atomic E-state index is 0.205. The molecule has 44 heavy (non-hydrogen) atoms. The molecular formula is C34H36N4O6. The third kappa shape index (κ3) is 5.89. The van der Waals surface area contributed by atoms with E-state index in [-0.39, 0.29) is 13.2 Å². The van der Waals surface area contributed by atoms with Crippen LogP contribution in [0.25, 0.3) is 0 Å². The average molecular weight is 597 g/mol. The number of hydrogen-bond donors (Lipinski definition) is 2. The maximum Gasteiger partial charge on any atom is 0.412 e. The fourth-order valence-electron chi connectivity index (χ4n) is 5.96. The van der Waals surface area contributed by atoms with Crippen molar-refractivity contribution < 1.29 is 28.5 Å². The first-order valence-corrected chi connectivity index (χ1v) is 14.7. The lowest BCUT2D eigenvalue weighted by Gasteiger charge is -2.37. The second-order valence-electron chi connectivity index (χ2n) is 11.0. The number of ether oxygens (including phenoxy) is 5. The van der Waals surface area contributed by atoms with Crippen molar-refractivity contribution in [1.82, 2.24) is 15.5 Å². The molecule has 2 fully saturated rings. The second kappa shape index (κ2) is 12.7. The fourth-order valence-corrected chi connectivity index (χ4v) is 5.96. The number of fused-ring (bicyclic) bond motifs is 1. The normalized spacial score (nSPS) is 22.6. The quantitative estimate of drug-likeness (QED) is 0.135. The molecule has 0 unspecified atom stereocenters. The molecule has 2 aliphatic rings. The molecule has 4 atom stereocenters. The molecule has 2 aliphatic heterocycles. The number of aromatic amines is 1. The van der Waals surface area contributed by atoms with Crippen molar-refractivity contribution in [3.8, 4) is 0 Å². The molecule has 0 radical (unpaired) electrons. The molecule has 1 aromatic heterocycles. The van der Waals surface area contributed by atoms with Crippen LogP contribution in [0.15, 0.2) is 102 Å². The third-order valence-corrected chi connectivity index (χ3v) is 7.76. The summed E-state index contributed by atoms with van der Waals surface area (Å²) in [7, 11) is 0. The first-order valence-electron chi connectivity index (χ1n) is 14.7. The maximum absolute atomic E-state index is 11.7. The number of alkyl carbamates (subject to hydrolysis) is 1. The van der Waals surface area contributed by atoms with E-state index in [4.69, 9.17) is 23.7 Å². The summed E-state index contributed by atoms with van der Waals surface area (Å²) in [5, 5.41) is 9.54. The van der Waals surface area contributed by atoms with Crippen LogP contribution in [0.2, 0.25) is 0 Å². The number of aromatic nitrogens is 2. The summed E-state index contributed by atoms with van der Waals surface area (Å²) in [6, 6.07) is 30.6. The zero-order valence-corrected chi connectivity index (χ0v) is 24.9. The Hall–Kier alpha value is -4.35. The monoisotopic (exact) mass is 596 g/mol. The molecule has 3 heterocycles. The lowest BCUT2D eigenvalue weighted by Crippen LogP contribution is -2.39. The molecular weight excluding hydrogens is 560 g/mol.